The molecule has 2 rings (SSSR count). The van der Waals surface area contributed by atoms with E-state index in [1.165, 1.54) is 0 Å². The molecule has 0 bridgehead atoms. The second-order valence-corrected chi connectivity index (χ2v) is 5.69. The zero-order valence-electron chi connectivity index (χ0n) is 13.8. The summed E-state index contributed by atoms with van der Waals surface area (Å²) in [5, 5.41) is 6.49. The van der Waals surface area contributed by atoms with Gasteiger partial charge < -0.3 is 20.1 Å². The number of methoxy groups -OCH3 is 1. The number of nitrogens with one attached hydrogen (secondary N) is 2. The Morgan fingerprint density at radius 3 is 2.65 bits per heavy atom. The molecule has 0 aromatic heterocycles. The lowest BCUT2D eigenvalue weighted by Crippen LogP contribution is -2.51. The molecule has 2 unspecified atom stereocenters. The lowest BCUT2D eigenvalue weighted by Gasteiger charge is -2.30. The molecule has 1 aromatic carbocycles. The van der Waals surface area contributed by atoms with E-state index in [2.05, 4.69) is 17.6 Å². The number of piperidine rings is 1. The second-order valence-electron chi connectivity index (χ2n) is 5.69. The van der Waals surface area contributed by atoms with Crippen molar-refractivity contribution in [1.29, 1.82) is 0 Å². The van der Waals surface area contributed by atoms with Gasteiger partial charge in [-0.15, -0.1) is 12.4 Å². The first-order valence-electron chi connectivity index (χ1n) is 7.98. The molecule has 23 heavy (non-hydrogen) atoms. The van der Waals surface area contributed by atoms with Gasteiger partial charge in [-0.1, -0.05) is 0 Å². The Morgan fingerprint density at radius 1 is 1.30 bits per heavy atom. The van der Waals surface area contributed by atoms with Gasteiger partial charge >= 0.3 is 0 Å². The van der Waals surface area contributed by atoms with Gasteiger partial charge in [-0.05, 0) is 57.0 Å². The summed E-state index contributed by atoms with van der Waals surface area (Å²) < 4.78 is 10.7. The number of rotatable bonds is 7. The molecule has 0 aliphatic carbocycles. The van der Waals surface area contributed by atoms with Crippen LogP contribution in [0.4, 0.5) is 0 Å². The number of benzene rings is 1. The lowest BCUT2D eigenvalue weighted by molar-refractivity contribution is -0.122. The molecule has 1 amide bonds. The first-order chi connectivity index (χ1) is 10.7. The van der Waals surface area contributed by atoms with Gasteiger partial charge in [0.15, 0.2) is 0 Å². The molecule has 6 heteroatoms. The van der Waals surface area contributed by atoms with Gasteiger partial charge in [0.2, 0.25) is 5.91 Å². The van der Waals surface area contributed by atoms with E-state index in [0.717, 1.165) is 30.9 Å². The van der Waals surface area contributed by atoms with E-state index in [1.807, 2.05) is 24.3 Å². The summed E-state index contributed by atoms with van der Waals surface area (Å²) in [4.78, 5) is 11.9. The van der Waals surface area contributed by atoms with Crippen LogP contribution in [0.5, 0.6) is 11.5 Å². The molecular weight excluding hydrogens is 316 g/mol. The minimum atomic E-state index is 0. The van der Waals surface area contributed by atoms with Crippen LogP contribution in [0.15, 0.2) is 24.3 Å². The number of halogens is 1. The fraction of sp³-hybridized carbons (Fsp3) is 0.588. The highest BCUT2D eigenvalue weighted by molar-refractivity contribution is 5.85. The third-order valence-corrected chi connectivity index (χ3v) is 3.98. The Bertz CT molecular complexity index is 467. The van der Waals surface area contributed by atoms with Crippen molar-refractivity contribution in [2.24, 2.45) is 0 Å². The first kappa shape index (κ1) is 19.6. The molecular formula is C17H27ClN2O3. The molecule has 1 aromatic rings. The quantitative estimate of drug-likeness (QED) is 0.748. The van der Waals surface area contributed by atoms with E-state index < -0.39 is 0 Å². The number of amides is 1. The van der Waals surface area contributed by atoms with Crippen LogP contribution in [-0.2, 0) is 4.79 Å². The van der Waals surface area contributed by atoms with Crippen molar-refractivity contribution >= 4 is 18.3 Å². The summed E-state index contributed by atoms with van der Waals surface area (Å²) in [6.45, 7) is 3.71. The van der Waals surface area contributed by atoms with Crippen LogP contribution in [0.1, 0.15) is 32.6 Å². The predicted molar refractivity (Wildman–Crippen MR) is 93.6 cm³/mol. The Morgan fingerprint density at radius 2 is 2.00 bits per heavy atom. The molecule has 0 spiro atoms. The number of hydrogen-bond donors (Lipinski definition) is 2. The van der Waals surface area contributed by atoms with Gasteiger partial charge in [0.1, 0.15) is 11.5 Å². The highest BCUT2D eigenvalue weighted by Gasteiger charge is 2.21. The summed E-state index contributed by atoms with van der Waals surface area (Å²) in [7, 11) is 1.64. The summed E-state index contributed by atoms with van der Waals surface area (Å²) in [5.41, 5.74) is 0. The Kier molecular flexibility index (Phi) is 8.81. The number of hydrogen-bond acceptors (Lipinski definition) is 4. The van der Waals surface area contributed by atoms with E-state index in [9.17, 15) is 4.79 Å². The highest BCUT2D eigenvalue weighted by atomic mass is 35.5. The van der Waals surface area contributed by atoms with E-state index >= 15 is 0 Å². The largest absolute Gasteiger partial charge is 0.497 e. The third-order valence-electron chi connectivity index (χ3n) is 3.98. The minimum absolute atomic E-state index is 0. The molecule has 2 N–H and O–H groups in total. The lowest BCUT2D eigenvalue weighted by atomic mass is 10.00. The Hall–Kier alpha value is -1.46. The number of carbonyl (C=O) groups excluding carboxylic acids is 1. The van der Waals surface area contributed by atoms with Crippen LogP contribution in [0, 0.1) is 0 Å². The van der Waals surface area contributed by atoms with Crippen molar-refractivity contribution in [1.82, 2.24) is 10.6 Å². The maximum atomic E-state index is 11.9. The van der Waals surface area contributed by atoms with Gasteiger partial charge in [-0.3, -0.25) is 4.79 Å². The summed E-state index contributed by atoms with van der Waals surface area (Å²) in [6, 6.07) is 8.07. The van der Waals surface area contributed by atoms with E-state index in [1.54, 1.807) is 7.11 Å². The number of ether oxygens (including phenoxy) is 2. The summed E-state index contributed by atoms with van der Waals surface area (Å²) in [5.74, 6) is 1.71. The van der Waals surface area contributed by atoms with Crippen molar-refractivity contribution in [2.75, 3.05) is 20.3 Å². The monoisotopic (exact) mass is 342 g/mol. The summed E-state index contributed by atoms with van der Waals surface area (Å²) in [6.07, 6.45) is 3.39. The molecule has 0 saturated carbocycles. The Balaban J connectivity index is 0.00000264. The van der Waals surface area contributed by atoms with Gasteiger partial charge in [0, 0.05) is 18.5 Å². The normalized spacial score (nSPS) is 20.3. The van der Waals surface area contributed by atoms with E-state index in [4.69, 9.17) is 9.47 Å². The van der Waals surface area contributed by atoms with E-state index in [-0.39, 0.29) is 24.4 Å². The zero-order valence-corrected chi connectivity index (χ0v) is 14.7. The maximum Gasteiger partial charge on any atom is 0.220 e. The van der Waals surface area contributed by atoms with Gasteiger partial charge in [-0.2, -0.15) is 0 Å². The SMILES string of the molecule is COc1ccc(OCCCC(=O)NC2CCCNC2C)cc1.Cl. The van der Waals surface area contributed by atoms with Crippen molar-refractivity contribution in [3.8, 4) is 11.5 Å². The van der Waals surface area contributed by atoms with Crippen LogP contribution in [0.2, 0.25) is 0 Å². The molecule has 2 atom stereocenters. The molecule has 5 nitrogen and oxygen atoms in total. The Labute approximate surface area is 144 Å². The average molecular weight is 343 g/mol. The average Bonchev–Trinajstić information content (AvgIpc) is 2.54. The predicted octanol–water partition coefficient (Wildman–Crippen LogP) is 2.53. The fourth-order valence-electron chi connectivity index (χ4n) is 2.61. The van der Waals surface area contributed by atoms with Crippen molar-refractivity contribution in [3.63, 3.8) is 0 Å². The first-order valence-corrected chi connectivity index (χ1v) is 7.98. The second kappa shape index (κ2) is 10.3. The van der Waals surface area contributed by atoms with Crippen LogP contribution < -0.4 is 20.1 Å². The molecule has 1 aliphatic rings. The van der Waals surface area contributed by atoms with Crippen LogP contribution in [0.3, 0.4) is 0 Å². The molecule has 0 radical (unpaired) electrons. The van der Waals surface area contributed by atoms with Crippen molar-refractivity contribution < 1.29 is 14.3 Å². The molecule has 1 aliphatic heterocycles. The van der Waals surface area contributed by atoms with Crippen LogP contribution in [-0.4, -0.2) is 38.3 Å². The molecule has 130 valence electrons. The van der Waals surface area contributed by atoms with Crippen molar-refractivity contribution in [3.05, 3.63) is 24.3 Å². The standard InChI is InChI=1S/C17H26N2O3.ClH/c1-13-16(5-3-11-18-13)19-17(20)6-4-12-22-15-9-7-14(21-2)8-10-15;/h7-10,13,16,18H,3-6,11-12H2,1-2H3,(H,19,20);1H. The molecule has 1 heterocycles. The molecule has 1 fully saturated rings. The maximum absolute atomic E-state index is 11.9. The number of carbonyl (C=O) groups is 1. The van der Waals surface area contributed by atoms with Crippen LogP contribution in [0.25, 0.3) is 0 Å². The van der Waals surface area contributed by atoms with Gasteiger partial charge in [-0.25, -0.2) is 0 Å². The third kappa shape index (κ3) is 6.67. The zero-order chi connectivity index (χ0) is 15.8. The highest BCUT2D eigenvalue weighted by Crippen LogP contribution is 2.17. The summed E-state index contributed by atoms with van der Waals surface area (Å²) >= 11 is 0. The van der Waals surface area contributed by atoms with E-state index in [0.29, 0.717) is 25.5 Å². The molecule has 1 saturated heterocycles. The smallest absolute Gasteiger partial charge is 0.220 e. The topological polar surface area (TPSA) is 59.6 Å². The minimum Gasteiger partial charge on any atom is -0.497 e. The van der Waals surface area contributed by atoms with Crippen LogP contribution >= 0.6 is 12.4 Å². The van der Waals surface area contributed by atoms with Crippen molar-refractivity contribution in [2.45, 2.75) is 44.7 Å². The van der Waals surface area contributed by atoms with Gasteiger partial charge in [0.05, 0.1) is 13.7 Å². The van der Waals surface area contributed by atoms with Gasteiger partial charge in [0.25, 0.3) is 0 Å². The fourth-order valence-corrected chi connectivity index (χ4v) is 2.61.